The van der Waals surface area contributed by atoms with Crippen molar-refractivity contribution >= 4 is 29.3 Å². The summed E-state index contributed by atoms with van der Waals surface area (Å²) in [4.78, 5) is 30.7. The summed E-state index contributed by atoms with van der Waals surface area (Å²) in [5, 5.41) is 30.5. The van der Waals surface area contributed by atoms with Crippen LogP contribution in [0.2, 0.25) is 0 Å². The zero-order valence-corrected chi connectivity index (χ0v) is 27.2. The Kier molecular flexibility index (Phi) is 13.9. The third-order valence-electron chi connectivity index (χ3n) is 8.46. The molecular formula is C35H50N6O4. The van der Waals surface area contributed by atoms with Crippen molar-refractivity contribution in [2.45, 2.75) is 47.1 Å². The molecule has 0 saturated heterocycles. The summed E-state index contributed by atoms with van der Waals surface area (Å²) in [6.45, 7) is 12.6. The smallest absolute Gasteiger partial charge is 0.273 e. The highest BCUT2D eigenvalue weighted by Gasteiger charge is 2.26. The van der Waals surface area contributed by atoms with Gasteiger partial charge in [-0.05, 0) is 66.7 Å². The molecule has 0 spiro atoms. The second kappa shape index (κ2) is 17.6. The summed E-state index contributed by atoms with van der Waals surface area (Å²) in [6.07, 6.45) is 12.1. The van der Waals surface area contributed by atoms with Crippen LogP contribution in [0.25, 0.3) is 5.57 Å². The van der Waals surface area contributed by atoms with E-state index >= 15 is 0 Å². The number of nitrogens with zero attached hydrogens (tertiary/aromatic N) is 1. The van der Waals surface area contributed by atoms with Gasteiger partial charge < -0.3 is 37.2 Å². The SMILES string of the molecule is CC/C(CNCCO)=C(C)\C=C(/N)C(=O)NC1C=CC=C(c2cccc(NC(=O)C3=CC(C)C(CNCCO)C=N3)c2C)C1C. The van der Waals surface area contributed by atoms with Crippen LogP contribution in [-0.4, -0.2) is 73.7 Å². The fraction of sp³-hybridized carbons (Fsp3) is 0.457. The molecule has 0 saturated carbocycles. The van der Waals surface area contributed by atoms with Gasteiger partial charge in [0.15, 0.2) is 0 Å². The van der Waals surface area contributed by atoms with Gasteiger partial charge in [0, 0.05) is 49.9 Å². The van der Waals surface area contributed by atoms with Gasteiger partial charge in [-0.2, -0.15) is 0 Å². The molecule has 4 unspecified atom stereocenters. The minimum absolute atomic E-state index is 0.0511. The highest BCUT2D eigenvalue weighted by atomic mass is 16.3. The number of carbonyl (C=O) groups excluding carboxylic acids is 2. The van der Waals surface area contributed by atoms with E-state index in [4.69, 9.17) is 15.9 Å². The molecule has 2 aliphatic rings. The van der Waals surface area contributed by atoms with Crippen molar-refractivity contribution in [2.75, 3.05) is 44.7 Å². The van der Waals surface area contributed by atoms with Crippen molar-refractivity contribution in [1.82, 2.24) is 16.0 Å². The molecule has 1 aliphatic heterocycles. The van der Waals surface area contributed by atoms with Crippen molar-refractivity contribution in [2.24, 2.45) is 28.5 Å². The number of anilines is 1. The van der Waals surface area contributed by atoms with E-state index in [-0.39, 0.29) is 54.5 Å². The molecule has 1 aliphatic carbocycles. The first-order valence-electron chi connectivity index (χ1n) is 15.8. The number of aliphatic hydroxyl groups excluding tert-OH is 2. The molecule has 4 atom stereocenters. The third kappa shape index (κ3) is 9.83. The number of allylic oxidation sites excluding steroid dienone is 5. The van der Waals surface area contributed by atoms with Crippen molar-refractivity contribution < 1.29 is 19.8 Å². The van der Waals surface area contributed by atoms with Crippen LogP contribution >= 0.6 is 0 Å². The number of hydrogen-bond acceptors (Lipinski definition) is 8. The van der Waals surface area contributed by atoms with Gasteiger partial charge in [0.1, 0.15) is 5.70 Å². The first kappa shape index (κ1) is 35.6. The molecule has 0 fully saturated rings. The number of amides is 2. The fourth-order valence-corrected chi connectivity index (χ4v) is 5.51. The second-order valence-electron chi connectivity index (χ2n) is 11.6. The summed E-state index contributed by atoms with van der Waals surface area (Å²) in [5.41, 5.74) is 12.4. The maximum Gasteiger partial charge on any atom is 0.273 e. The Morgan fingerprint density at radius 1 is 1.11 bits per heavy atom. The molecular weight excluding hydrogens is 568 g/mol. The van der Waals surface area contributed by atoms with E-state index in [0.29, 0.717) is 37.6 Å². The van der Waals surface area contributed by atoms with Crippen LogP contribution < -0.4 is 27.0 Å². The molecule has 10 heteroatoms. The predicted octanol–water partition coefficient (Wildman–Crippen LogP) is 2.96. The number of nitrogens with two attached hydrogens (primary N) is 1. The number of hydrogen-bond donors (Lipinski definition) is 7. The molecule has 2 amide bonds. The Bertz CT molecular complexity index is 1390. The van der Waals surface area contributed by atoms with Crippen LogP contribution in [0.3, 0.4) is 0 Å². The second-order valence-corrected chi connectivity index (χ2v) is 11.6. The minimum atomic E-state index is -0.337. The molecule has 0 bridgehead atoms. The van der Waals surface area contributed by atoms with E-state index in [2.05, 4.69) is 40.1 Å². The highest BCUT2D eigenvalue weighted by Crippen LogP contribution is 2.34. The average molecular weight is 619 g/mol. The van der Waals surface area contributed by atoms with Crippen LogP contribution in [-0.2, 0) is 9.59 Å². The fourth-order valence-electron chi connectivity index (χ4n) is 5.51. The van der Waals surface area contributed by atoms with Crippen molar-refractivity contribution in [3.63, 3.8) is 0 Å². The maximum absolute atomic E-state index is 13.2. The number of nitrogens with one attached hydrogen (secondary N) is 4. The van der Waals surface area contributed by atoms with E-state index in [1.807, 2.05) is 63.3 Å². The largest absolute Gasteiger partial charge is 0.395 e. The summed E-state index contributed by atoms with van der Waals surface area (Å²) in [5.74, 6) is -0.377. The molecule has 0 radical (unpaired) electrons. The van der Waals surface area contributed by atoms with Gasteiger partial charge in [0.25, 0.3) is 11.8 Å². The number of benzene rings is 1. The first-order valence-corrected chi connectivity index (χ1v) is 15.8. The van der Waals surface area contributed by atoms with E-state index in [1.165, 1.54) is 0 Å². The summed E-state index contributed by atoms with van der Waals surface area (Å²) < 4.78 is 0. The number of carbonyl (C=O) groups is 2. The van der Waals surface area contributed by atoms with E-state index in [1.54, 1.807) is 12.3 Å². The van der Waals surface area contributed by atoms with E-state index < -0.39 is 0 Å². The molecule has 1 heterocycles. The maximum atomic E-state index is 13.2. The minimum Gasteiger partial charge on any atom is -0.395 e. The summed E-state index contributed by atoms with van der Waals surface area (Å²) >= 11 is 0. The number of aliphatic imine (C=N–C) groups is 1. The Morgan fingerprint density at radius 2 is 1.84 bits per heavy atom. The predicted molar refractivity (Wildman–Crippen MR) is 182 cm³/mol. The highest BCUT2D eigenvalue weighted by molar-refractivity contribution is 6.05. The third-order valence-corrected chi connectivity index (χ3v) is 8.46. The van der Waals surface area contributed by atoms with Crippen LogP contribution in [0.5, 0.6) is 0 Å². The van der Waals surface area contributed by atoms with Gasteiger partial charge in [-0.1, -0.05) is 56.7 Å². The van der Waals surface area contributed by atoms with Crippen molar-refractivity contribution in [3.8, 4) is 0 Å². The molecule has 244 valence electrons. The molecule has 1 aromatic rings. The van der Waals surface area contributed by atoms with Crippen LogP contribution in [0, 0.1) is 24.7 Å². The molecule has 8 N–H and O–H groups in total. The lowest BCUT2D eigenvalue weighted by Gasteiger charge is -2.29. The first-order chi connectivity index (χ1) is 21.6. The number of rotatable bonds is 15. The molecule has 10 nitrogen and oxygen atoms in total. The van der Waals surface area contributed by atoms with Crippen molar-refractivity contribution in [3.05, 3.63) is 82.2 Å². The van der Waals surface area contributed by atoms with Crippen molar-refractivity contribution in [1.29, 1.82) is 0 Å². The quantitative estimate of drug-likeness (QED) is 0.0904. The summed E-state index contributed by atoms with van der Waals surface area (Å²) in [7, 11) is 0. The van der Waals surface area contributed by atoms with E-state index in [0.717, 1.165) is 34.3 Å². The van der Waals surface area contributed by atoms with E-state index in [9.17, 15) is 9.59 Å². The molecule has 1 aromatic carbocycles. The van der Waals surface area contributed by atoms with Gasteiger partial charge in [0.05, 0.1) is 25.0 Å². The summed E-state index contributed by atoms with van der Waals surface area (Å²) in [6, 6.07) is 5.54. The lowest BCUT2D eigenvalue weighted by molar-refractivity contribution is -0.118. The zero-order valence-electron chi connectivity index (χ0n) is 27.2. The molecule has 45 heavy (non-hydrogen) atoms. The number of aliphatic hydroxyl groups is 2. The Labute approximate surface area is 267 Å². The lowest BCUT2D eigenvalue weighted by atomic mass is 9.82. The van der Waals surface area contributed by atoms with Crippen LogP contribution in [0.1, 0.15) is 45.2 Å². The lowest BCUT2D eigenvalue weighted by Crippen LogP contribution is -2.41. The Hall–Kier alpha value is -3.83. The topological polar surface area (TPSA) is 161 Å². The monoisotopic (exact) mass is 618 g/mol. The van der Waals surface area contributed by atoms with Gasteiger partial charge in [-0.25, -0.2) is 0 Å². The Morgan fingerprint density at radius 3 is 2.53 bits per heavy atom. The van der Waals surface area contributed by atoms with Gasteiger partial charge in [0.2, 0.25) is 0 Å². The zero-order chi connectivity index (χ0) is 32.9. The van der Waals surface area contributed by atoms with Gasteiger partial charge >= 0.3 is 0 Å². The molecule has 3 rings (SSSR count). The normalized spacial score (nSPS) is 22.0. The standard InChI is InChI=1S/C35H50N6O4/c1-6-26(19-37-13-15-42)22(2)17-30(36)34(44)40-31-11-7-9-28(24(31)4)29-10-8-12-32(25(29)5)41-35(45)33-18-23(3)27(21-39-33)20-38-14-16-43/h7-12,17-18,21,23-24,27,31,37-38,42-43H,6,13-16,19-20,36H2,1-5H3,(H,40,44)(H,41,45)/b26-22+,30-17-. The molecule has 0 aromatic heterocycles. The van der Waals surface area contributed by atoms with Crippen LogP contribution in [0.15, 0.2) is 76.1 Å². The Balaban J connectivity index is 1.69. The van der Waals surface area contributed by atoms with Crippen LogP contribution in [0.4, 0.5) is 5.69 Å². The average Bonchev–Trinajstić information content (AvgIpc) is 3.02. The van der Waals surface area contributed by atoms with Gasteiger partial charge in [-0.15, -0.1) is 0 Å². The van der Waals surface area contributed by atoms with Gasteiger partial charge in [-0.3, -0.25) is 14.6 Å².